The van der Waals surface area contributed by atoms with Gasteiger partial charge in [-0.2, -0.15) is 5.10 Å². The summed E-state index contributed by atoms with van der Waals surface area (Å²) >= 11 is 0. The summed E-state index contributed by atoms with van der Waals surface area (Å²) in [5.41, 5.74) is 0.0413. The van der Waals surface area contributed by atoms with Crippen LogP contribution in [0.4, 0.5) is 4.79 Å². The molecule has 0 saturated carbocycles. The zero-order valence-electron chi connectivity index (χ0n) is 14.3. The van der Waals surface area contributed by atoms with Gasteiger partial charge in [0.25, 0.3) is 0 Å². The number of ketones is 1. The third-order valence-electron chi connectivity index (χ3n) is 4.67. The summed E-state index contributed by atoms with van der Waals surface area (Å²) in [4.78, 5) is 26.9. The first-order valence-corrected chi connectivity index (χ1v) is 8.30. The summed E-state index contributed by atoms with van der Waals surface area (Å²) in [7, 11) is 1.81. The monoisotopic (exact) mass is 319 g/mol. The van der Waals surface area contributed by atoms with Crippen LogP contribution in [0.3, 0.4) is 0 Å². The molecule has 2 aliphatic heterocycles. The molecular formula is C17H25N3O3. The number of hydrogen-bond acceptors (Lipinski definition) is 4. The number of fused-ring (bicyclic) bond motifs is 2. The Morgan fingerprint density at radius 3 is 2.30 bits per heavy atom. The van der Waals surface area contributed by atoms with Crippen LogP contribution in [0.5, 0.6) is 0 Å². The second-order valence-electron chi connectivity index (χ2n) is 7.68. The van der Waals surface area contributed by atoms with Crippen molar-refractivity contribution >= 4 is 11.9 Å². The van der Waals surface area contributed by atoms with Crippen LogP contribution >= 0.6 is 0 Å². The minimum atomic E-state index is -0.489. The summed E-state index contributed by atoms with van der Waals surface area (Å²) in [5, 5.41) is 4.22. The molecule has 2 fully saturated rings. The second-order valence-corrected chi connectivity index (χ2v) is 7.68. The van der Waals surface area contributed by atoms with Crippen LogP contribution in [0.15, 0.2) is 12.3 Å². The molecule has 23 heavy (non-hydrogen) atoms. The van der Waals surface area contributed by atoms with Crippen LogP contribution in [-0.4, -0.2) is 44.2 Å². The molecule has 126 valence electrons. The molecule has 0 aromatic carbocycles. The Labute approximate surface area is 136 Å². The van der Waals surface area contributed by atoms with Gasteiger partial charge in [-0.3, -0.25) is 9.48 Å². The van der Waals surface area contributed by atoms with E-state index >= 15 is 0 Å². The number of aryl methyl sites for hydroxylation is 1. The van der Waals surface area contributed by atoms with Gasteiger partial charge in [-0.05, 0) is 52.5 Å². The Balaban J connectivity index is 1.69. The van der Waals surface area contributed by atoms with Crippen molar-refractivity contribution < 1.29 is 14.3 Å². The molecule has 2 aliphatic rings. The van der Waals surface area contributed by atoms with E-state index in [-0.39, 0.29) is 29.9 Å². The number of amides is 1. The first-order valence-electron chi connectivity index (χ1n) is 8.30. The van der Waals surface area contributed by atoms with Gasteiger partial charge in [-0.25, -0.2) is 4.79 Å². The van der Waals surface area contributed by atoms with Crippen LogP contribution in [-0.2, 0) is 11.8 Å². The Hall–Kier alpha value is -1.85. The van der Waals surface area contributed by atoms with E-state index < -0.39 is 5.60 Å². The van der Waals surface area contributed by atoms with E-state index in [0.29, 0.717) is 18.5 Å². The standard InChI is InChI=1S/C17H25N3O3/c1-17(2,3)23-16(22)20-12-5-6-13(20)10-11(9-12)15(21)14-7-8-19(4)18-14/h7-8,11-13H,5-6,9-10H2,1-4H3. The fraction of sp³-hybridized carbons (Fsp3) is 0.706. The molecule has 0 aliphatic carbocycles. The highest BCUT2D eigenvalue weighted by Gasteiger charge is 2.46. The lowest BCUT2D eigenvalue weighted by Gasteiger charge is -2.38. The molecule has 1 aromatic heterocycles. The van der Waals surface area contributed by atoms with Crippen molar-refractivity contribution in [2.75, 3.05) is 0 Å². The van der Waals surface area contributed by atoms with Gasteiger partial charge in [0.1, 0.15) is 11.3 Å². The Bertz CT molecular complexity index is 603. The summed E-state index contributed by atoms with van der Waals surface area (Å²) in [5.74, 6) is 0.0624. The lowest BCUT2D eigenvalue weighted by atomic mass is 9.86. The molecule has 0 spiro atoms. The molecule has 2 saturated heterocycles. The number of nitrogens with zero attached hydrogens (tertiary/aromatic N) is 3. The Kier molecular flexibility index (Phi) is 3.94. The predicted octanol–water partition coefficient (Wildman–Crippen LogP) is 2.78. The van der Waals surface area contributed by atoms with Crippen molar-refractivity contribution in [2.45, 2.75) is 64.1 Å². The number of carbonyl (C=O) groups is 2. The van der Waals surface area contributed by atoms with Gasteiger partial charge in [-0.15, -0.1) is 0 Å². The van der Waals surface area contributed by atoms with Crippen molar-refractivity contribution in [1.29, 1.82) is 0 Å². The zero-order chi connectivity index (χ0) is 16.8. The molecule has 2 bridgehead atoms. The Morgan fingerprint density at radius 1 is 1.22 bits per heavy atom. The van der Waals surface area contributed by atoms with Crippen molar-refractivity contribution in [1.82, 2.24) is 14.7 Å². The molecule has 2 atom stereocenters. The highest BCUT2D eigenvalue weighted by atomic mass is 16.6. The van der Waals surface area contributed by atoms with Gasteiger partial charge < -0.3 is 9.64 Å². The van der Waals surface area contributed by atoms with Crippen LogP contribution in [0.1, 0.15) is 56.9 Å². The van der Waals surface area contributed by atoms with Crippen molar-refractivity contribution in [2.24, 2.45) is 13.0 Å². The van der Waals surface area contributed by atoms with Crippen LogP contribution < -0.4 is 0 Å². The number of ether oxygens (including phenoxy) is 1. The molecule has 6 heteroatoms. The van der Waals surface area contributed by atoms with Crippen LogP contribution in [0.2, 0.25) is 0 Å². The fourth-order valence-electron chi connectivity index (χ4n) is 3.76. The number of Topliss-reactive ketones (excluding diaryl/α,β-unsaturated/α-hetero) is 1. The highest BCUT2D eigenvalue weighted by molar-refractivity contribution is 5.96. The van der Waals surface area contributed by atoms with Crippen molar-refractivity contribution in [3.05, 3.63) is 18.0 Å². The number of carbonyl (C=O) groups excluding carboxylic acids is 2. The average Bonchev–Trinajstić information content (AvgIpc) is 2.98. The maximum absolute atomic E-state index is 12.6. The number of rotatable bonds is 2. The van der Waals surface area contributed by atoms with Gasteiger partial charge in [0.15, 0.2) is 5.78 Å². The molecule has 1 aromatic rings. The molecule has 2 unspecified atom stereocenters. The minimum absolute atomic E-state index is 0.0407. The molecule has 0 N–H and O–H groups in total. The van der Waals surface area contributed by atoms with E-state index in [1.165, 1.54) is 0 Å². The lowest BCUT2D eigenvalue weighted by molar-refractivity contribution is 0.00250. The molecule has 3 rings (SSSR count). The molecule has 1 amide bonds. The third-order valence-corrected chi connectivity index (χ3v) is 4.67. The molecule has 6 nitrogen and oxygen atoms in total. The molecular weight excluding hydrogens is 294 g/mol. The SMILES string of the molecule is Cn1ccc(C(=O)C2CC3CCC(C2)N3C(=O)OC(C)(C)C)n1. The van der Waals surface area contributed by atoms with Gasteiger partial charge in [-0.1, -0.05) is 0 Å². The first-order chi connectivity index (χ1) is 10.7. The van der Waals surface area contributed by atoms with Gasteiger partial charge >= 0.3 is 6.09 Å². The maximum atomic E-state index is 12.6. The number of aromatic nitrogens is 2. The average molecular weight is 319 g/mol. The van der Waals surface area contributed by atoms with Crippen molar-refractivity contribution in [3.63, 3.8) is 0 Å². The first kappa shape index (κ1) is 16.0. The number of piperidine rings is 1. The van der Waals surface area contributed by atoms with E-state index in [9.17, 15) is 9.59 Å². The van der Waals surface area contributed by atoms with E-state index in [0.717, 1.165) is 12.8 Å². The minimum Gasteiger partial charge on any atom is -0.444 e. The van der Waals surface area contributed by atoms with Gasteiger partial charge in [0.05, 0.1) is 0 Å². The third kappa shape index (κ3) is 3.26. The van der Waals surface area contributed by atoms with Crippen molar-refractivity contribution in [3.8, 4) is 0 Å². The zero-order valence-corrected chi connectivity index (χ0v) is 14.3. The molecule has 3 heterocycles. The number of hydrogen-bond donors (Lipinski definition) is 0. The lowest BCUT2D eigenvalue weighted by Crippen LogP contribution is -2.49. The second kappa shape index (κ2) is 5.65. The van der Waals surface area contributed by atoms with E-state index in [1.54, 1.807) is 16.9 Å². The normalized spacial score (nSPS) is 27.1. The topological polar surface area (TPSA) is 64.4 Å². The van der Waals surface area contributed by atoms with Gasteiger partial charge in [0.2, 0.25) is 0 Å². The summed E-state index contributed by atoms with van der Waals surface area (Å²) in [6.45, 7) is 5.64. The van der Waals surface area contributed by atoms with E-state index in [2.05, 4.69) is 5.10 Å². The van der Waals surface area contributed by atoms with E-state index in [4.69, 9.17) is 4.74 Å². The van der Waals surface area contributed by atoms with Crippen LogP contribution in [0.25, 0.3) is 0 Å². The van der Waals surface area contributed by atoms with Crippen LogP contribution in [0, 0.1) is 5.92 Å². The summed E-state index contributed by atoms with van der Waals surface area (Å²) in [6.07, 6.45) is 4.88. The quantitative estimate of drug-likeness (QED) is 0.786. The Morgan fingerprint density at radius 2 is 1.83 bits per heavy atom. The highest BCUT2D eigenvalue weighted by Crippen LogP contribution is 2.40. The smallest absolute Gasteiger partial charge is 0.410 e. The summed E-state index contributed by atoms with van der Waals surface area (Å²) in [6, 6.07) is 1.99. The van der Waals surface area contributed by atoms with E-state index in [1.807, 2.05) is 32.7 Å². The molecule has 0 radical (unpaired) electrons. The fourth-order valence-corrected chi connectivity index (χ4v) is 3.76. The van der Waals surface area contributed by atoms with Gasteiger partial charge in [0, 0.05) is 31.2 Å². The summed E-state index contributed by atoms with van der Waals surface area (Å²) < 4.78 is 7.18. The maximum Gasteiger partial charge on any atom is 0.410 e. The largest absolute Gasteiger partial charge is 0.444 e. The predicted molar refractivity (Wildman–Crippen MR) is 85.1 cm³/mol.